The van der Waals surface area contributed by atoms with Crippen molar-refractivity contribution in [1.29, 1.82) is 5.26 Å². The van der Waals surface area contributed by atoms with Crippen molar-refractivity contribution in [3.63, 3.8) is 0 Å². The van der Waals surface area contributed by atoms with Gasteiger partial charge in [-0.05, 0) is 44.5 Å². The quantitative estimate of drug-likeness (QED) is 0.636. The fraction of sp³-hybridized carbons (Fsp3) is 0.391. The van der Waals surface area contributed by atoms with Crippen molar-refractivity contribution in [2.24, 2.45) is 0 Å². The molecular weight excluding hydrogens is 374 g/mol. The maximum Gasteiger partial charge on any atom is 0.225 e. The van der Waals surface area contributed by atoms with Gasteiger partial charge in [0, 0.05) is 56.7 Å². The molecule has 154 valence electrons. The number of nitriles is 1. The topological polar surface area (TPSA) is 81.0 Å². The van der Waals surface area contributed by atoms with Crippen LogP contribution in [-0.2, 0) is 0 Å². The Labute approximate surface area is 177 Å². The molecule has 0 bridgehead atoms. The third kappa shape index (κ3) is 4.34. The molecule has 1 aliphatic rings. The molecular formula is C23H27N7. The molecule has 0 aliphatic carbocycles. The molecule has 0 spiro atoms. The van der Waals surface area contributed by atoms with Gasteiger partial charge in [-0.2, -0.15) is 5.26 Å². The molecule has 4 rings (SSSR count). The van der Waals surface area contributed by atoms with Crippen molar-refractivity contribution in [2.45, 2.75) is 20.3 Å². The zero-order valence-electron chi connectivity index (χ0n) is 17.6. The number of rotatable bonds is 6. The summed E-state index contributed by atoms with van der Waals surface area (Å²) >= 11 is 0. The lowest BCUT2D eigenvalue weighted by atomic mass is 10.0. The monoisotopic (exact) mass is 401 g/mol. The van der Waals surface area contributed by atoms with E-state index in [-0.39, 0.29) is 0 Å². The Morgan fingerprint density at radius 2 is 1.83 bits per heavy atom. The molecule has 1 saturated heterocycles. The lowest BCUT2D eigenvalue weighted by molar-refractivity contribution is 0.256. The summed E-state index contributed by atoms with van der Waals surface area (Å²) in [6.07, 6.45) is 6.28. The number of benzene rings is 1. The number of aryl methyl sites for hydroxylation is 2. The summed E-state index contributed by atoms with van der Waals surface area (Å²) in [4.78, 5) is 17.9. The zero-order chi connectivity index (χ0) is 20.9. The number of pyridine rings is 1. The first-order chi connectivity index (χ1) is 14.7. The van der Waals surface area contributed by atoms with Gasteiger partial charge >= 0.3 is 0 Å². The zero-order valence-corrected chi connectivity index (χ0v) is 17.6. The maximum absolute atomic E-state index is 9.54. The first kappa shape index (κ1) is 20.0. The minimum atomic E-state index is 0.601. The molecule has 3 heterocycles. The van der Waals surface area contributed by atoms with Crippen molar-refractivity contribution < 1.29 is 0 Å². The number of nitrogens with zero attached hydrogens (tertiary/aromatic N) is 6. The van der Waals surface area contributed by atoms with Gasteiger partial charge in [0.2, 0.25) is 5.95 Å². The Hall–Kier alpha value is -3.24. The van der Waals surface area contributed by atoms with E-state index in [9.17, 15) is 5.26 Å². The van der Waals surface area contributed by atoms with Crippen LogP contribution in [-0.4, -0.2) is 59.1 Å². The molecule has 1 aromatic carbocycles. The van der Waals surface area contributed by atoms with Crippen LogP contribution in [0, 0.1) is 25.2 Å². The summed E-state index contributed by atoms with van der Waals surface area (Å²) in [5, 5.41) is 14.1. The molecule has 3 aromatic rings. The smallest absolute Gasteiger partial charge is 0.225 e. The second kappa shape index (κ2) is 9.06. The highest BCUT2D eigenvalue weighted by Crippen LogP contribution is 2.28. The van der Waals surface area contributed by atoms with Gasteiger partial charge in [-0.3, -0.25) is 9.88 Å². The number of anilines is 2. The van der Waals surface area contributed by atoms with Crippen LogP contribution in [0.15, 0.2) is 36.8 Å². The Morgan fingerprint density at radius 1 is 1.07 bits per heavy atom. The average molecular weight is 402 g/mol. The highest BCUT2D eigenvalue weighted by Gasteiger charge is 2.18. The normalized spacial score (nSPS) is 14.6. The van der Waals surface area contributed by atoms with E-state index in [2.05, 4.69) is 62.1 Å². The van der Waals surface area contributed by atoms with E-state index in [0.717, 1.165) is 73.8 Å². The second-order valence-electron chi connectivity index (χ2n) is 7.79. The van der Waals surface area contributed by atoms with E-state index < -0.39 is 0 Å². The van der Waals surface area contributed by atoms with E-state index in [0.29, 0.717) is 5.56 Å². The maximum atomic E-state index is 9.54. The van der Waals surface area contributed by atoms with E-state index >= 15 is 0 Å². The molecule has 30 heavy (non-hydrogen) atoms. The fourth-order valence-corrected chi connectivity index (χ4v) is 4.08. The van der Waals surface area contributed by atoms with Crippen molar-refractivity contribution in [3.05, 3.63) is 53.5 Å². The number of piperazine rings is 1. The Kier molecular flexibility index (Phi) is 6.05. The average Bonchev–Trinajstić information content (AvgIpc) is 2.77. The molecule has 1 N–H and O–H groups in total. The van der Waals surface area contributed by atoms with Crippen LogP contribution in [0.4, 0.5) is 11.6 Å². The molecule has 0 amide bonds. The van der Waals surface area contributed by atoms with Crippen LogP contribution in [0.1, 0.15) is 23.1 Å². The lowest BCUT2D eigenvalue weighted by Crippen LogP contribution is -2.47. The minimum absolute atomic E-state index is 0.601. The number of fused-ring (bicyclic) bond motifs is 1. The molecule has 0 atom stereocenters. The van der Waals surface area contributed by atoms with E-state index in [1.54, 1.807) is 18.6 Å². The summed E-state index contributed by atoms with van der Waals surface area (Å²) in [7, 11) is 0. The SMILES string of the molecule is Cc1cc(C)c2ncc(C#N)c(NCCCN3CCN(c4ncccn4)CC3)c2c1. The van der Waals surface area contributed by atoms with Crippen LogP contribution in [0.5, 0.6) is 0 Å². The first-order valence-corrected chi connectivity index (χ1v) is 10.4. The van der Waals surface area contributed by atoms with Crippen LogP contribution in [0.25, 0.3) is 10.9 Å². The second-order valence-corrected chi connectivity index (χ2v) is 7.79. The number of aromatic nitrogens is 3. The molecule has 2 aromatic heterocycles. The molecule has 0 radical (unpaired) electrons. The van der Waals surface area contributed by atoms with Gasteiger partial charge < -0.3 is 10.2 Å². The van der Waals surface area contributed by atoms with Crippen molar-refractivity contribution in [2.75, 3.05) is 49.5 Å². The van der Waals surface area contributed by atoms with Gasteiger partial charge in [0.25, 0.3) is 0 Å². The predicted octanol–water partition coefficient (Wildman–Crippen LogP) is 3.14. The molecule has 7 heteroatoms. The third-order valence-corrected chi connectivity index (χ3v) is 5.59. The summed E-state index contributed by atoms with van der Waals surface area (Å²) in [5.74, 6) is 0.818. The van der Waals surface area contributed by atoms with Gasteiger partial charge in [0.15, 0.2) is 0 Å². The van der Waals surface area contributed by atoms with Gasteiger partial charge in [0.1, 0.15) is 6.07 Å². The molecule has 0 saturated carbocycles. The van der Waals surface area contributed by atoms with Gasteiger partial charge in [0.05, 0.1) is 16.8 Å². The standard InChI is InChI=1S/C23H27N7/c1-17-13-18(2)21-20(14-17)22(19(15-24)16-28-21)25-7-4-8-29-9-11-30(12-10-29)23-26-5-3-6-27-23/h3,5-6,13-14,16H,4,7-12H2,1-2H3,(H,25,28). The van der Waals surface area contributed by atoms with E-state index in [1.807, 2.05) is 6.07 Å². The van der Waals surface area contributed by atoms with Gasteiger partial charge in [-0.1, -0.05) is 11.6 Å². The predicted molar refractivity (Wildman–Crippen MR) is 120 cm³/mol. The van der Waals surface area contributed by atoms with Crippen LogP contribution in [0.2, 0.25) is 0 Å². The summed E-state index contributed by atoms with van der Waals surface area (Å²) in [5.41, 5.74) is 4.78. The Balaban J connectivity index is 1.33. The molecule has 1 aliphatic heterocycles. The van der Waals surface area contributed by atoms with Gasteiger partial charge in [-0.25, -0.2) is 9.97 Å². The highest BCUT2D eigenvalue weighted by molar-refractivity contribution is 5.96. The van der Waals surface area contributed by atoms with Gasteiger partial charge in [-0.15, -0.1) is 0 Å². The van der Waals surface area contributed by atoms with E-state index in [1.165, 1.54) is 5.56 Å². The van der Waals surface area contributed by atoms with Crippen LogP contribution < -0.4 is 10.2 Å². The molecule has 7 nitrogen and oxygen atoms in total. The van der Waals surface area contributed by atoms with Crippen molar-refractivity contribution in [3.8, 4) is 6.07 Å². The number of nitrogens with one attached hydrogen (secondary N) is 1. The number of hydrogen-bond donors (Lipinski definition) is 1. The first-order valence-electron chi connectivity index (χ1n) is 10.4. The fourth-order valence-electron chi connectivity index (χ4n) is 4.08. The lowest BCUT2D eigenvalue weighted by Gasteiger charge is -2.34. The van der Waals surface area contributed by atoms with Crippen LogP contribution >= 0.6 is 0 Å². The molecule has 0 unspecified atom stereocenters. The third-order valence-electron chi connectivity index (χ3n) is 5.59. The highest BCUT2D eigenvalue weighted by atomic mass is 15.3. The molecule has 1 fully saturated rings. The van der Waals surface area contributed by atoms with Crippen LogP contribution in [0.3, 0.4) is 0 Å². The Morgan fingerprint density at radius 3 is 2.57 bits per heavy atom. The summed E-state index contributed by atoms with van der Waals surface area (Å²) in [6.45, 7) is 9.92. The van der Waals surface area contributed by atoms with E-state index in [4.69, 9.17) is 0 Å². The van der Waals surface area contributed by atoms with Crippen molar-refractivity contribution >= 4 is 22.5 Å². The largest absolute Gasteiger partial charge is 0.383 e. The Bertz CT molecular complexity index is 1050. The van der Waals surface area contributed by atoms with Crippen molar-refractivity contribution in [1.82, 2.24) is 19.9 Å². The summed E-state index contributed by atoms with van der Waals surface area (Å²) in [6, 6.07) is 8.38. The minimum Gasteiger partial charge on any atom is -0.383 e. The number of hydrogen-bond acceptors (Lipinski definition) is 7. The summed E-state index contributed by atoms with van der Waals surface area (Å²) < 4.78 is 0.